The van der Waals surface area contributed by atoms with Gasteiger partial charge in [0.15, 0.2) is 11.6 Å². The van der Waals surface area contributed by atoms with Crippen LogP contribution in [0.15, 0.2) is 70.1 Å². The number of hydrogen-bond acceptors (Lipinski definition) is 3. The van der Waals surface area contributed by atoms with Gasteiger partial charge in [-0.2, -0.15) is 0 Å². The van der Waals surface area contributed by atoms with Crippen LogP contribution in [-0.4, -0.2) is 13.4 Å². The third-order valence-corrected chi connectivity index (χ3v) is 5.99. The minimum Gasteiger partial charge on any atom is -0.456 e. The lowest BCUT2D eigenvalue weighted by atomic mass is 10.1. The van der Waals surface area contributed by atoms with Gasteiger partial charge in [-0.25, -0.2) is 17.2 Å². The third kappa shape index (κ3) is 2.53. The van der Waals surface area contributed by atoms with E-state index in [0.717, 1.165) is 17.5 Å². The first-order valence-electron chi connectivity index (χ1n) is 8.33. The highest BCUT2D eigenvalue weighted by atomic mass is 32.2. The van der Waals surface area contributed by atoms with E-state index in [2.05, 4.69) is 9.71 Å². The van der Waals surface area contributed by atoms with Crippen molar-refractivity contribution < 1.29 is 21.6 Å². The maximum Gasteiger partial charge on any atom is 0.261 e. The molecule has 28 heavy (non-hydrogen) atoms. The van der Waals surface area contributed by atoms with E-state index >= 15 is 0 Å². The molecule has 2 aromatic heterocycles. The Bertz CT molecular complexity index is 1490. The number of fused-ring (bicyclic) bond motifs is 4. The molecule has 0 bridgehead atoms. The number of H-pyrrole nitrogens is 1. The van der Waals surface area contributed by atoms with Crippen molar-refractivity contribution in [3.05, 3.63) is 72.4 Å². The van der Waals surface area contributed by atoms with Crippen LogP contribution in [-0.2, 0) is 10.0 Å². The van der Waals surface area contributed by atoms with Crippen LogP contribution >= 0.6 is 0 Å². The molecule has 2 N–H and O–H groups in total. The summed E-state index contributed by atoms with van der Waals surface area (Å²) in [6.45, 7) is 0. The van der Waals surface area contributed by atoms with E-state index in [0.29, 0.717) is 16.6 Å². The number of benzene rings is 3. The fourth-order valence-electron chi connectivity index (χ4n) is 3.28. The average Bonchev–Trinajstić information content (AvgIpc) is 3.22. The quantitative estimate of drug-likeness (QED) is 0.442. The van der Waals surface area contributed by atoms with Gasteiger partial charge in [0.1, 0.15) is 11.2 Å². The van der Waals surface area contributed by atoms with E-state index < -0.39 is 21.7 Å². The SMILES string of the molecule is O=S(=O)(Nc1c[nH]c2cc(F)c(F)cc12)c1ccc2oc3ccccc3c2c1. The summed E-state index contributed by atoms with van der Waals surface area (Å²) in [7, 11) is -3.96. The molecule has 140 valence electrons. The van der Waals surface area contributed by atoms with E-state index in [-0.39, 0.29) is 21.5 Å². The standard InChI is InChI=1S/C20H12F2N2O3S/c21-15-8-14-17(9-16(15)22)23-10-18(14)24-28(25,26)11-5-6-20-13(7-11)12-3-1-2-4-19(12)27-20/h1-10,23-24H. The van der Waals surface area contributed by atoms with E-state index in [4.69, 9.17) is 4.42 Å². The predicted molar refractivity (Wildman–Crippen MR) is 103 cm³/mol. The number of aromatic amines is 1. The van der Waals surface area contributed by atoms with Crippen LogP contribution in [0.25, 0.3) is 32.8 Å². The van der Waals surface area contributed by atoms with Crippen molar-refractivity contribution in [2.45, 2.75) is 4.90 Å². The number of nitrogens with one attached hydrogen (secondary N) is 2. The van der Waals surface area contributed by atoms with Gasteiger partial charge in [-0.05, 0) is 30.3 Å². The zero-order valence-electron chi connectivity index (χ0n) is 14.2. The molecule has 0 saturated carbocycles. The summed E-state index contributed by atoms with van der Waals surface area (Å²) in [6, 6.07) is 13.8. The van der Waals surface area contributed by atoms with Crippen LogP contribution in [0.5, 0.6) is 0 Å². The number of sulfonamides is 1. The van der Waals surface area contributed by atoms with Crippen molar-refractivity contribution >= 4 is 48.6 Å². The highest BCUT2D eigenvalue weighted by Crippen LogP contribution is 2.32. The normalized spacial score (nSPS) is 12.2. The largest absolute Gasteiger partial charge is 0.456 e. The Morgan fingerprint density at radius 3 is 2.46 bits per heavy atom. The van der Waals surface area contributed by atoms with E-state index in [1.807, 2.05) is 18.2 Å². The lowest BCUT2D eigenvalue weighted by Crippen LogP contribution is -2.12. The molecule has 8 heteroatoms. The molecule has 0 aliphatic carbocycles. The Labute approximate surface area is 157 Å². The number of para-hydroxylation sites is 1. The minimum absolute atomic E-state index is 0.0310. The molecule has 5 nitrogen and oxygen atoms in total. The summed E-state index contributed by atoms with van der Waals surface area (Å²) in [5.74, 6) is -2.07. The smallest absolute Gasteiger partial charge is 0.261 e. The Balaban J connectivity index is 1.60. The number of hydrogen-bond donors (Lipinski definition) is 2. The van der Waals surface area contributed by atoms with Crippen LogP contribution in [0.1, 0.15) is 0 Å². The second kappa shape index (κ2) is 5.80. The molecule has 0 unspecified atom stereocenters. The molecular formula is C20H12F2N2O3S. The van der Waals surface area contributed by atoms with Gasteiger partial charge in [0.05, 0.1) is 16.1 Å². The van der Waals surface area contributed by atoms with E-state index in [1.54, 1.807) is 12.1 Å². The molecule has 0 atom stereocenters. The maximum atomic E-state index is 13.6. The Morgan fingerprint density at radius 1 is 0.857 bits per heavy atom. The van der Waals surface area contributed by atoms with Crippen LogP contribution < -0.4 is 4.72 Å². The van der Waals surface area contributed by atoms with Gasteiger partial charge in [0, 0.05) is 28.4 Å². The molecule has 0 saturated heterocycles. The first-order chi connectivity index (χ1) is 13.4. The summed E-state index contributed by atoms with van der Waals surface area (Å²) in [6.07, 6.45) is 1.35. The van der Waals surface area contributed by atoms with Gasteiger partial charge in [-0.15, -0.1) is 0 Å². The molecule has 2 heterocycles. The molecule has 0 radical (unpaired) electrons. The second-order valence-electron chi connectivity index (χ2n) is 6.38. The van der Waals surface area contributed by atoms with Crippen molar-refractivity contribution in [2.24, 2.45) is 0 Å². The fourth-order valence-corrected chi connectivity index (χ4v) is 4.37. The summed E-state index contributed by atoms with van der Waals surface area (Å²) in [5, 5.41) is 1.71. The first kappa shape index (κ1) is 16.8. The highest BCUT2D eigenvalue weighted by molar-refractivity contribution is 7.92. The number of rotatable bonds is 3. The summed E-state index contributed by atoms with van der Waals surface area (Å²) >= 11 is 0. The van der Waals surface area contributed by atoms with Gasteiger partial charge < -0.3 is 9.40 Å². The second-order valence-corrected chi connectivity index (χ2v) is 8.06. The van der Waals surface area contributed by atoms with Crippen LogP contribution in [0, 0.1) is 11.6 Å². The molecular weight excluding hydrogens is 386 g/mol. The van der Waals surface area contributed by atoms with Crippen molar-refractivity contribution in [1.29, 1.82) is 0 Å². The number of aromatic nitrogens is 1. The molecule has 0 spiro atoms. The highest BCUT2D eigenvalue weighted by Gasteiger charge is 2.19. The lowest BCUT2D eigenvalue weighted by Gasteiger charge is -2.07. The van der Waals surface area contributed by atoms with Gasteiger partial charge in [-0.3, -0.25) is 4.72 Å². The molecule has 0 aliphatic rings. The van der Waals surface area contributed by atoms with Crippen LogP contribution in [0.4, 0.5) is 14.5 Å². The number of anilines is 1. The molecule has 0 fully saturated rings. The summed E-state index contributed by atoms with van der Waals surface area (Å²) in [4.78, 5) is 2.76. The number of halogens is 2. The molecule has 0 aliphatic heterocycles. The molecule has 5 rings (SSSR count). The average molecular weight is 398 g/mol. The topological polar surface area (TPSA) is 75.1 Å². The molecule has 3 aromatic carbocycles. The van der Waals surface area contributed by atoms with Crippen molar-refractivity contribution in [2.75, 3.05) is 4.72 Å². The molecule has 5 aromatic rings. The monoisotopic (exact) mass is 398 g/mol. The summed E-state index contributed by atoms with van der Waals surface area (Å²) in [5.41, 5.74) is 1.65. The number of furan rings is 1. The molecule has 0 amide bonds. The van der Waals surface area contributed by atoms with Crippen LogP contribution in [0.2, 0.25) is 0 Å². The van der Waals surface area contributed by atoms with Crippen LogP contribution in [0.3, 0.4) is 0 Å². The lowest BCUT2D eigenvalue weighted by molar-refractivity contribution is 0.511. The van der Waals surface area contributed by atoms with Gasteiger partial charge >= 0.3 is 0 Å². The zero-order valence-corrected chi connectivity index (χ0v) is 15.0. The van der Waals surface area contributed by atoms with Crippen molar-refractivity contribution in [3.63, 3.8) is 0 Å². The zero-order chi connectivity index (χ0) is 19.5. The Hall–Kier alpha value is -3.39. The third-order valence-electron chi connectivity index (χ3n) is 4.63. The maximum absolute atomic E-state index is 13.6. The van der Waals surface area contributed by atoms with Gasteiger partial charge in [0.25, 0.3) is 10.0 Å². The van der Waals surface area contributed by atoms with Gasteiger partial charge in [0.2, 0.25) is 0 Å². The fraction of sp³-hybridized carbons (Fsp3) is 0. The summed E-state index contributed by atoms with van der Waals surface area (Å²) < 4.78 is 60.8. The van der Waals surface area contributed by atoms with E-state index in [1.165, 1.54) is 18.3 Å². The van der Waals surface area contributed by atoms with Crippen molar-refractivity contribution in [3.8, 4) is 0 Å². The Kier molecular flexibility index (Phi) is 3.47. The van der Waals surface area contributed by atoms with Gasteiger partial charge in [-0.1, -0.05) is 18.2 Å². The predicted octanol–water partition coefficient (Wildman–Crippen LogP) is 5.15. The minimum atomic E-state index is -3.96. The Morgan fingerprint density at radius 2 is 1.61 bits per heavy atom. The first-order valence-corrected chi connectivity index (χ1v) is 9.81. The van der Waals surface area contributed by atoms with E-state index in [9.17, 15) is 17.2 Å². The van der Waals surface area contributed by atoms with Crippen molar-refractivity contribution in [1.82, 2.24) is 4.98 Å².